The van der Waals surface area contributed by atoms with Crippen LogP contribution in [0.5, 0.6) is 0 Å². The van der Waals surface area contributed by atoms with Crippen molar-refractivity contribution in [1.29, 1.82) is 0 Å². The van der Waals surface area contributed by atoms with Crippen molar-refractivity contribution in [2.45, 2.75) is 13.0 Å². The summed E-state index contributed by atoms with van der Waals surface area (Å²) in [5.41, 5.74) is 0.532. The molecule has 3 N–H and O–H groups in total. The Bertz CT molecular complexity index is 506. The molecule has 20 heavy (non-hydrogen) atoms. The zero-order valence-corrected chi connectivity index (χ0v) is 13.2. The molecule has 0 spiro atoms. The molecule has 0 radical (unpaired) electrons. The lowest BCUT2D eigenvalue weighted by atomic mass is 10.2. The first-order valence-corrected chi connectivity index (χ1v) is 6.84. The number of carboxylic acid groups (broad SMARTS) is 1. The van der Waals surface area contributed by atoms with Crippen LogP contribution in [0, 0.1) is 0 Å². The highest BCUT2D eigenvalue weighted by Crippen LogP contribution is 2.23. The second kappa shape index (κ2) is 7.25. The lowest BCUT2D eigenvalue weighted by Gasteiger charge is -2.20. The molecular formula is C13H18BrN3O3. The van der Waals surface area contributed by atoms with Crippen LogP contribution in [-0.2, 0) is 0 Å². The van der Waals surface area contributed by atoms with E-state index in [1.54, 1.807) is 6.07 Å². The molecule has 7 heteroatoms. The van der Waals surface area contributed by atoms with E-state index in [4.69, 9.17) is 5.11 Å². The van der Waals surface area contributed by atoms with Gasteiger partial charge in [0.25, 0.3) is 0 Å². The van der Waals surface area contributed by atoms with Gasteiger partial charge in [0.2, 0.25) is 0 Å². The van der Waals surface area contributed by atoms with Crippen LogP contribution in [0.4, 0.5) is 10.5 Å². The molecule has 0 aliphatic heterocycles. The second-order valence-corrected chi connectivity index (χ2v) is 5.50. The van der Waals surface area contributed by atoms with Crippen molar-refractivity contribution >= 4 is 33.6 Å². The number of anilines is 1. The van der Waals surface area contributed by atoms with Crippen LogP contribution in [-0.4, -0.2) is 48.7 Å². The lowest BCUT2D eigenvalue weighted by molar-refractivity contribution is 0.0697. The van der Waals surface area contributed by atoms with E-state index in [0.717, 1.165) is 0 Å². The highest BCUT2D eigenvalue weighted by Gasteiger charge is 2.11. The zero-order chi connectivity index (χ0) is 15.3. The molecule has 0 fully saturated rings. The number of nitrogens with zero attached hydrogens (tertiary/aromatic N) is 1. The van der Waals surface area contributed by atoms with Gasteiger partial charge in [-0.1, -0.05) is 0 Å². The number of halogens is 1. The number of urea groups is 1. The number of carboxylic acids is 1. The Kier molecular flexibility index (Phi) is 5.97. The minimum Gasteiger partial charge on any atom is -0.478 e. The van der Waals surface area contributed by atoms with Gasteiger partial charge in [-0.05, 0) is 55.1 Å². The van der Waals surface area contributed by atoms with Gasteiger partial charge >= 0.3 is 12.0 Å². The Hall–Kier alpha value is -1.60. The van der Waals surface area contributed by atoms with E-state index in [0.29, 0.717) is 16.7 Å². The normalized spacial score (nSPS) is 12.1. The van der Waals surface area contributed by atoms with Gasteiger partial charge < -0.3 is 20.6 Å². The number of hydrogen-bond acceptors (Lipinski definition) is 3. The lowest BCUT2D eigenvalue weighted by Crippen LogP contribution is -2.40. The van der Waals surface area contributed by atoms with E-state index in [1.165, 1.54) is 12.1 Å². The van der Waals surface area contributed by atoms with Crippen molar-refractivity contribution < 1.29 is 14.7 Å². The molecule has 6 nitrogen and oxygen atoms in total. The van der Waals surface area contributed by atoms with E-state index < -0.39 is 5.97 Å². The molecule has 1 aromatic rings. The summed E-state index contributed by atoms with van der Waals surface area (Å²) in [7, 11) is 3.86. The maximum Gasteiger partial charge on any atom is 0.335 e. The maximum atomic E-state index is 11.8. The molecular weight excluding hydrogens is 326 g/mol. The summed E-state index contributed by atoms with van der Waals surface area (Å²) in [4.78, 5) is 24.6. The Morgan fingerprint density at radius 3 is 2.60 bits per heavy atom. The van der Waals surface area contributed by atoms with E-state index >= 15 is 0 Å². The third-order valence-electron chi connectivity index (χ3n) is 2.90. The fourth-order valence-electron chi connectivity index (χ4n) is 1.34. The number of aromatic carboxylic acids is 1. The SMILES string of the molecule is CC(CNC(=O)Nc1cc(C(=O)O)ccc1Br)N(C)C. The van der Waals surface area contributed by atoms with Gasteiger partial charge in [0.15, 0.2) is 0 Å². The van der Waals surface area contributed by atoms with Gasteiger partial charge in [0.1, 0.15) is 0 Å². The van der Waals surface area contributed by atoms with Crippen LogP contribution < -0.4 is 10.6 Å². The molecule has 1 aromatic carbocycles. The fraction of sp³-hybridized carbons (Fsp3) is 0.385. The summed E-state index contributed by atoms with van der Waals surface area (Å²) in [6.07, 6.45) is 0. The minimum atomic E-state index is -1.04. The highest BCUT2D eigenvalue weighted by molar-refractivity contribution is 9.10. The molecule has 1 rings (SSSR count). The molecule has 110 valence electrons. The smallest absolute Gasteiger partial charge is 0.335 e. The van der Waals surface area contributed by atoms with E-state index in [2.05, 4.69) is 26.6 Å². The Balaban J connectivity index is 2.66. The van der Waals surface area contributed by atoms with Gasteiger partial charge in [-0.2, -0.15) is 0 Å². The second-order valence-electron chi connectivity index (χ2n) is 4.65. The van der Waals surface area contributed by atoms with E-state index in [-0.39, 0.29) is 17.6 Å². The molecule has 0 saturated carbocycles. The monoisotopic (exact) mass is 343 g/mol. The van der Waals surface area contributed by atoms with Crippen LogP contribution in [0.25, 0.3) is 0 Å². The Morgan fingerprint density at radius 1 is 1.40 bits per heavy atom. The molecule has 0 aliphatic carbocycles. The zero-order valence-electron chi connectivity index (χ0n) is 11.6. The summed E-state index contributed by atoms with van der Waals surface area (Å²) in [6.45, 7) is 2.48. The van der Waals surface area contributed by atoms with Crippen molar-refractivity contribution in [3.05, 3.63) is 28.2 Å². The van der Waals surface area contributed by atoms with Crippen molar-refractivity contribution in [3.8, 4) is 0 Å². The van der Waals surface area contributed by atoms with Crippen molar-refractivity contribution in [2.24, 2.45) is 0 Å². The summed E-state index contributed by atoms with van der Waals surface area (Å²) < 4.78 is 0.623. The molecule has 0 aromatic heterocycles. The maximum absolute atomic E-state index is 11.8. The summed E-state index contributed by atoms with van der Waals surface area (Å²) in [5.74, 6) is -1.04. The van der Waals surface area contributed by atoms with Crippen molar-refractivity contribution in [3.63, 3.8) is 0 Å². The number of amides is 2. The standard InChI is InChI=1S/C13H18BrN3O3/c1-8(17(2)3)7-15-13(20)16-11-6-9(12(18)19)4-5-10(11)14/h4-6,8H,7H2,1-3H3,(H,18,19)(H2,15,16,20). The first-order valence-electron chi connectivity index (χ1n) is 6.05. The number of carbonyl (C=O) groups is 2. The fourth-order valence-corrected chi connectivity index (χ4v) is 1.69. The van der Waals surface area contributed by atoms with Crippen LogP contribution in [0.15, 0.2) is 22.7 Å². The van der Waals surface area contributed by atoms with E-state index in [1.807, 2.05) is 25.9 Å². The average molecular weight is 344 g/mol. The van der Waals surface area contributed by atoms with Gasteiger partial charge in [0, 0.05) is 17.1 Å². The first-order chi connectivity index (χ1) is 9.31. The molecule has 2 amide bonds. The van der Waals surface area contributed by atoms with Crippen LogP contribution >= 0.6 is 15.9 Å². The molecule has 0 heterocycles. The molecule has 1 atom stereocenters. The predicted molar refractivity (Wildman–Crippen MR) is 81.3 cm³/mol. The van der Waals surface area contributed by atoms with E-state index in [9.17, 15) is 9.59 Å². The Morgan fingerprint density at radius 2 is 2.05 bits per heavy atom. The van der Waals surface area contributed by atoms with Gasteiger partial charge in [0.05, 0.1) is 11.3 Å². The van der Waals surface area contributed by atoms with Gasteiger partial charge in [-0.3, -0.25) is 0 Å². The molecule has 0 saturated heterocycles. The Labute approximate surface area is 126 Å². The number of carbonyl (C=O) groups excluding carboxylic acids is 1. The summed E-state index contributed by atoms with van der Waals surface area (Å²) in [6, 6.07) is 4.28. The van der Waals surface area contributed by atoms with Crippen LogP contribution in [0.1, 0.15) is 17.3 Å². The molecule has 1 unspecified atom stereocenters. The number of benzene rings is 1. The third kappa shape index (κ3) is 4.82. The molecule has 0 aliphatic rings. The summed E-state index contributed by atoms with van der Waals surface area (Å²) >= 11 is 3.27. The number of likely N-dealkylation sites (N-methyl/N-ethyl adjacent to an activating group) is 1. The minimum absolute atomic E-state index is 0.116. The first kappa shape index (κ1) is 16.5. The number of rotatable bonds is 5. The third-order valence-corrected chi connectivity index (χ3v) is 3.59. The number of hydrogen-bond donors (Lipinski definition) is 3. The van der Waals surface area contributed by atoms with Crippen LogP contribution in [0.3, 0.4) is 0 Å². The van der Waals surface area contributed by atoms with Gasteiger partial charge in [-0.15, -0.1) is 0 Å². The topological polar surface area (TPSA) is 81.7 Å². The largest absolute Gasteiger partial charge is 0.478 e. The summed E-state index contributed by atoms with van der Waals surface area (Å²) in [5, 5.41) is 14.3. The quantitative estimate of drug-likeness (QED) is 0.765. The van der Waals surface area contributed by atoms with Crippen LogP contribution in [0.2, 0.25) is 0 Å². The van der Waals surface area contributed by atoms with Crippen molar-refractivity contribution in [1.82, 2.24) is 10.2 Å². The number of nitrogens with one attached hydrogen (secondary N) is 2. The molecule has 0 bridgehead atoms. The van der Waals surface area contributed by atoms with Crippen molar-refractivity contribution in [2.75, 3.05) is 26.0 Å². The van der Waals surface area contributed by atoms with Gasteiger partial charge in [-0.25, -0.2) is 9.59 Å². The highest BCUT2D eigenvalue weighted by atomic mass is 79.9. The average Bonchev–Trinajstić information content (AvgIpc) is 2.38. The predicted octanol–water partition coefficient (Wildman–Crippen LogP) is 2.22.